The molecule has 3 nitrogen and oxygen atoms in total. The van der Waals surface area contributed by atoms with Crippen LogP contribution in [0.5, 0.6) is 5.75 Å². The van der Waals surface area contributed by atoms with E-state index < -0.39 is 0 Å². The number of methoxy groups -OCH3 is 1. The highest BCUT2D eigenvalue weighted by atomic mass is 35.5. The van der Waals surface area contributed by atoms with Crippen LogP contribution in [0, 0.1) is 0 Å². The summed E-state index contributed by atoms with van der Waals surface area (Å²) in [5.74, 6) is 1.80. The number of rotatable bonds is 5. The quantitative estimate of drug-likeness (QED) is 0.829. The number of para-hydroxylation sites is 1. The summed E-state index contributed by atoms with van der Waals surface area (Å²) in [7, 11) is 1.68. The van der Waals surface area contributed by atoms with E-state index in [-0.39, 0.29) is 5.38 Å². The number of nitrogens with zero attached hydrogens (tertiary/aromatic N) is 1. The minimum Gasteiger partial charge on any atom is -0.496 e. The molecule has 1 atom stereocenters. The van der Waals surface area contributed by atoms with Crippen LogP contribution in [0.4, 0.5) is 0 Å². The molecule has 1 N–H and O–H groups in total. The lowest BCUT2D eigenvalue weighted by molar-refractivity contribution is 0.409. The molecule has 2 aromatic rings. The zero-order valence-electron chi connectivity index (χ0n) is 9.69. The number of benzene rings is 1. The van der Waals surface area contributed by atoms with Gasteiger partial charge in [0.25, 0.3) is 0 Å². The van der Waals surface area contributed by atoms with Gasteiger partial charge in [0.05, 0.1) is 7.11 Å². The number of aromatic amines is 1. The Bertz CT molecular complexity index is 456. The predicted octanol–water partition coefficient (Wildman–Crippen LogP) is 2.81. The van der Waals surface area contributed by atoms with E-state index in [4.69, 9.17) is 16.3 Å². The van der Waals surface area contributed by atoms with Gasteiger partial charge in [0.15, 0.2) is 0 Å². The first-order chi connectivity index (χ1) is 8.29. The highest BCUT2D eigenvalue weighted by Gasteiger charge is 2.11. The Morgan fingerprint density at radius 3 is 2.88 bits per heavy atom. The van der Waals surface area contributed by atoms with Gasteiger partial charge in [-0.2, -0.15) is 0 Å². The van der Waals surface area contributed by atoms with Crippen molar-refractivity contribution < 1.29 is 4.74 Å². The minimum atomic E-state index is 0.0115. The molecular formula is C13H15ClN2O. The number of nitrogens with one attached hydrogen (secondary N) is 1. The highest BCUT2D eigenvalue weighted by molar-refractivity contribution is 6.20. The van der Waals surface area contributed by atoms with E-state index in [1.165, 1.54) is 0 Å². The number of ether oxygens (including phenoxy) is 1. The first kappa shape index (κ1) is 12.0. The molecule has 0 aliphatic rings. The number of aromatic nitrogens is 2. The monoisotopic (exact) mass is 250 g/mol. The van der Waals surface area contributed by atoms with E-state index in [1.807, 2.05) is 30.5 Å². The van der Waals surface area contributed by atoms with E-state index in [0.717, 1.165) is 30.0 Å². The second-order valence-electron chi connectivity index (χ2n) is 3.85. The SMILES string of the molecule is COc1ccccc1CC(Cl)Cc1ncc[nH]1. The normalized spacial score (nSPS) is 12.4. The summed E-state index contributed by atoms with van der Waals surface area (Å²) in [5.41, 5.74) is 1.13. The molecular weight excluding hydrogens is 236 g/mol. The van der Waals surface area contributed by atoms with Crippen molar-refractivity contribution in [3.05, 3.63) is 48.0 Å². The van der Waals surface area contributed by atoms with Crippen molar-refractivity contribution in [1.29, 1.82) is 0 Å². The summed E-state index contributed by atoms with van der Waals surface area (Å²) in [5, 5.41) is 0.0115. The molecule has 0 amide bonds. The van der Waals surface area contributed by atoms with Crippen molar-refractivity contribution in [2.75, 3.05) is 7.11 Å². The zero-order chi connectivity index (χ0) is 12.1. The standard InChI is InChI=1S/C13H15ClN2O/c1-17-12-5-3-2-4-10(12)8-11(14)9-13-15-6-7-16-13/h2-7,11H,8-9H2,1H3,(H,15,16). The van der Waals surface area contributed by atoms with Crippen LogP contribution in [0.15, 0.2) is 36.7 Å². The van der Waals surface area contributed by atoms with E-state index >= 15 is 0 Å². The van der Waals surface area contributed by atoms with Gasteiger partial charge in [0.1, 0.15) is 11.6 Å². The van der Waals surface area contributed by atoms with E-state index in [0.29, 0.717) is 0 Å². The highest BCUT2D eigenvalue weighted by Crippen LogP contribution is 2.21. The van der Waals surface area contributed by atoms with Gasteiger partial charge in [-0.15, -0.1) is 11.6 Å². The molecule has 4 heteroatoms. The Kier molecular flexibility index (Phi) is 4.04. The molecule has 0 saturated heterocycles. The second kappa shape index (κ2) is 5.73. The molecule has 0 bridgehead atoms. The number of imidazole rings is 1. The van der Waals surface area contributed by atoms with Crippen LogP contribution in [0.2, 0.25) is 0 Å². The molecule has 0 fully saturated rings. The third kappa shape index (κ3) is 3.24. The van der Waals surface area contributed by atoms with Gasteiger partial charge < -0.3 is 9.72 Å². The molecule has 1 heterocycles. The van der Waals surface area contributed by atoms with Crippen molar-refractivity contribution in [1.82, 2.24) is 9.97 Å². The Labute approximate surface area is 106 Å². The lowest BCUT2D eigenvalue weighted by Crippen LogP contribution is -2.09. The molecule has 0 saturated carbocycles. The smallest absolute Gasteiger partial charge is 0.122 e. The molecule has 1 aromatic carbocycles. The van der Waals surface area contributed by atoms with Gasteiger partial charge in [0, 0.05) is 24.2 Å². The first-order valence-corrected chi connectivity index (χ1v) is 5.97. The van der Waals surface area contributed by atoms with Crippen LogP contribution in [-0.4, -0.2) is 22.5 Å². The van der Waals surface area contributed by atoms with Crippen LogP contribution >= 0.6 is 11.6 Å². The van der Waals surface area contributed by atoms with Gasteiger partial charge in [-0.25, -0.2) is 4.98 Å². The maximum atomic E-state index is 6.32. The zero-order valence-corrected chi connectivity index (χ0v) is 10.4. The Morgan fingerprint density at radius 2 is 2.18 bits per heavy atom. The average Bonchev–Trinajstić information content (AvgIpc) is 2.82. The summed E-state index contributed by atoms with van der Waals surface area (Å²) < 4.78 is 5.30. The fraction of sp³-hybridized carbons (Fsp3) is 0.308. The van der Waals surface area contributed by atoms with Crippen molar-refractivity contribution >= 4 is 11.6 Å². The lowest BCUT2D eigenvalue weighted by atomic mass is 10.1. The molecule has 0 radical (unpaired) electrons. The molecule has 1 unspecified atom stereocenters. The van der Waals surface area contributed by atoms with Gasteiger partial charge in [-0.1, -0.05) is 18.2 Å². The summed E-state index contributed by atoms with van der Waals surface area (Å²) in [6, 6.07) is 7.94. The molecule has 0 aliphatic carbocycles. The first-order valence-electron chi connectivity index (χ1n) is 5.54. The maximum Gasteiger partial charge on any atom is 0.122 e. The van der Waals surface area contributed by atoms with Crippen LogP contribution in [-0.2, 0) is 12.8 Å². The third-order valence-corrected chi connectivity index (χ3v) is 2.91. The lowest BCUT2D eigenvalue weighted by Gasteiger charge is -2.11. The summed E-state index contributed by atoms with van der Waals surface area (Å²) in [4.78, 5) is 7.22. The molecule has 90 valence electrons. The van der Waals surface area contributed by atoms with Crippen molar-refractivity contribution in [2.24, 2.45) is 0 Å². The molecule has 1 aromatic heterocycles. The van der Waals surface area contributed by atoms with Crippen molar-refractivity contribution in [3.8, 4) is 5.75 Å². The van der Waals surface area contributed by atoms with Crippen molar-refractivity contribution in [2.45, 2.75) is 18.2 Å². The molecule has 0 spiro atoms. The Morgan fingerprint density at radius 1 is 1.35 bits per heavy atom. The maximum absolute atomic E-state index is 6.32. The van der Waals surface area contributed by atoms with Gasteiger partial charge in [-0.3, -0.25) is 0 Å². The van der Waals surface area contributed by atoms with Crippen LogP contribution in [0.1, 0.15) is 11.4 Å². The summed E-state index contributed by atoms with van der Waals surface area (Å²) >= 11 is 6.32. The summed E-state index contributed by atoms with van der Waals surface area (Å²) in [6.45, 7) is 0. The number of hydrogen-bond donors (Lipinski definition) is 1. The Hall–Kier alpha value is -1.48. The molecule has 2 rings (SSSR count). The van der Waals surface area contributed by atoms with Gasteiger partial charge in [0.2, 0.25) is 0 Å². The Balaban J connectivity index is 2.00. The number of hydrogen-bond acceptors (Lipinski definition) is 2. The minimum absolute atomic E-state index is 0.0115. The largest absolute Gasteiger partial charge is 0.496 e. The van der Waals surface area contributed by atoms with Crippen molar-refractivity contribution in [3.63, 3.8) is 0 Å². The van der Waals surface area contributed by atoms with Crippen LogP contribution in [0.25, 0.3) is 0 Å². The van der Waals surface area contributed by atoms with Gasteiger partial charge >= 0.3 is 0 Å². The predicted molar refractivity (Wildman–Crippen MR) is 68.6 cm³/mol. The number of H-pyrrole nitrogens is 1. The third-order valence-electron chi connectivity index (χ3n) is 2.60. The fourth-order valence-electron chi connectivity index (χ4n) is 1.80. The molecule has 0 aliphatic heterocycles. The fourth-order valence-corrected chi connectivity index (χ4v) is 2.11. The average molecular weight is 251 g/mol. The second-order valence-corrected chi connectivity index (χ2v) is 4.47. The van der Waals surface area contributed by atoms with Gasteiger partial charge in [-0.05, 0) is 18.1 Å². The van der Waals surface area contributed by atoms with Crippen LogP contribution in [0.3, 0.4) is 0 Å². The number of alkyl halides is 1. The van der Waals surface area contributed by atoms with E-state index in [2.05, 4.69) is 9.97 Å². The topological polar surface area (TPSA) is 37.9 Å². The van der Waals surface area contributed by atoms with Crippen LogP contribution < -0.4 is 4.74 Å². The summed E-state index contributed by atoms with van der Waals surface area (Å²) in [6.07, 6.45) is 5.04. The number of halogens is 1. The van der Waals surface area contributed by atoms with E-state index in [9.17, 15) is 0 Å². The van der Waals surface area contributed by atoms with E-state index in [1.54, 1.807) is 13.3 Å². The molecule has 17 heavy (non-hydrogen) atoms.